The highest BCUT2D eigenvalue weighted by Crippen LogP contribution is 2.47. The van der Waals surface area contributed by atoms with E-state index in [2.05, 4.69) is 21.2 Å². The number of para-hydroxylation sites is 1. The molecule has 7 nitrogen and oxygen atoms in total. The van der Waals surface area contributed by atoms with Crippen molar-refractivity contribution in [2.45, 2.75) is 32.1 Å². The maximum absolute atomic E-state index is 13.4. The van der Waals surface area contributed by atoms with Gasteiger partial charge >= 0.3 is 5.97 Å². The first kappa shape index (κ1) is 24.9. The molecule has 0 saturated carbocycles. The number of nitrogens with one attached hydrogen (secondary N) is 1. The fraction of sp³-hybridized carbons (Fsp3) is 0.333. The summed E-state index contributed by atoms with van der Waals surface area (Å²) in [6, 6.07) is 12.9. The molecule has 1 atom stereocenters. The number of carbonyl (C=O) groups is 2. The van der Waals surface area contributed by atoms with Crippen LogP contribution in [0, 0.1) is 0 Å². The highest BCUT2D eigenvalue weighted by Gasteiger charge is 2.40. The van der Waals surface area contributed by atoms with Crippen molar-refractivity contribution in [3.05, 3.63) is 75.0 Å². The summed E-state index contributed by atoms with van der Waals surface area (Å²) in [5.74, 6) is 0.683. The van der Waals surface area contributed by atoms with E-state index >= 15 is 0 Å². The van der Waals surface area contributed by atoms with Gasteiger partial charge in [0.1, 0.15) is 19.0 Å². The average Bonchev–Trinajstić information content (AvgIpc) is 2.86. The molecule has 0 spiro atoms. The third-order valence-corrected chi connectivity index (χ3v) is 6.82. The van der Waals surface area contributed by atoms with Crippen LogP contribution in [-0.4, -0.2) is 39.2 Å². The minimum atomic E-state index is -0.601. The third-order valence-electron chi connectivity index (χ3n) is 6.14. The second kappa shape index (κ2) is 11.0. The molecule has 1 heterocycles. The molecule has 1 N–H and O–H groups in total. The lowest BCUT2D eigenvalue weighted by atomic mass is 9.75. The van der Waals surface area contributed by atoms with Crippen LogP contribution in [0.3, 0.4) is 0 Å². The highest BCUT2D eigenvalue weighted by molar-refractivity contribution is 9.10. The summed E-state index contributed by atoms with van der Waals surface area (Å²) in [7, 11) is 3.11. The van der Waals surface area contributed by atoms with E-state index in [-0.39, 0.29) is 19.0 Å². The Balaban J connectivity index is 1.66. The van der Waals surface area contributed by atoms with Crippen LogP contribution in [-0.2, 0) is 14.3 Å². The third kappa shape index (κ3) is 5.22. The van der Waals surface area contributed by atoms with Crippen molar-refractivity contribution >= 4 is 27.7 Å². The maximum Gasteiger partial charge on any atom is 0.336 e. The van der Waals surface area contributed by atoms with Gasteiger partial charge in [-0.3, -0.25) is 4.79 Å². The van der Waals surface area contributed by atoms with E-state index in [4.69, 9.17) is 18.9 Å². The minimum absolute atomic E-state index is 0.0237. The lowest BCUT2D eigenvalue weighted by molar-refractivity contribution is -0.140. The van der Waals surface area contributed by atoms with Crippen LogP contribution < -0.4 is 19.5 Å². The number of esters is 1. The van der Waals surface area contributed by atoms with Gasteiger partial charge in [0.25, 0.3) is 0 Å². The highest BCUT2D eigenvalue weighted by atomic mass is 79.9. The summed E-state index contributed by atoms with van der Waals surface area (Å²) in [5.41, 5.74) is 3.25. The molecule has 0 amide bonds. The SMILES string of the molecule is COc1cc(Br)c([C@@H]2C(C(=O)OCCOc3ccccc3)=C(C)NC3=C2C(=O)CCC3)cc1OC. The summed E-state index contributed by atoms with van der Waals surface area (Å²) in [6.07, 6.45) is 1.95. The fourth-order valence-corrected chi connectivity index (χ4v) is 5.10. The predicted octanol–water partition coefficient (Wildman–Crippen LogP) is 5.06. The van der Waals surface area contributed by atoms with Crippen molar-refractivity contribution in [1.29, 1.82) is 0 Å². The molecule has 35 heavy (non-hydrogen) atoms. The topological polar surface area (TPSA) is 83.1 Å². The number of methoxy groups -OCH3 is 2. The van der Waals surface area contributed by atoms with Gasteiger partial charge in [-0.2, -0.15) is 0 Å². The fourth-order valence-electron chi connectivity index (χ4n) is 4.54. The normalized spacial score (nSPS) is 17.5. The molecule has 0 radical (unpaired) electrons. The number of allylic oxidation sites excluding steroid dienone is 3. The van der Waals surface area contributed by atoms with Crippen molar-refractivity contribution in [2.24, 2.45) is 0 Å². The van der Waals surface area contributed by atoms with Gasteiger partial charge < -0.3 is 24.3 Å². The van der Waals surface area contributed by atoms with E-state index in [1.165, 1.54) is 0 Å². The molecule has 0 unspecified atom stereocenters. The van der Waals surface area contributed by atoms with Gasteiger partial charge in [-0.1, -0.05) is 34.1 Å². The van der Waals surface area contributed by atoms with Gasteiger partial charge in [0.15, 0.2) is 17.3 Å². The van der Waals surface area contributed by atoms with Crippen LogP contribution in [0.2, 0.25) is 0 Å². The molecule has 1 aliphatic carbocycles. The van der Waals surface area contributed by atoms with Crippen LogP contribution in [0.4, 0.5) is 0 Å². The molecule has 0 saturated heterocycles. The summed E-state index contributed by atoms with van der Waals surface area (Å²) in [4.78, 5) is 26.5. The van der Waals surface area contributed by atoms with Crippen molar-refractivity contribution < 1.29 is 28.5 Å². The van der Waals surface area contributed by atoms with Gasteiger partial charge in [0, 0.05) is 33.8 Å². The number of hydrogen-bond acceptors (Lipinski definition) is 7. The molecule has 0 aromatic heterocycles. The van der Waals surface area contributed by atoms with E-state index in [1.54, 1.807) is 20.3 Å². The predicted molar refractivity (Wildman–Crippen MR) is 135 cm³/mol. The van der Waals surface area contributed by atoms with E-state index in [0.29, 0.717) is 45.0 Å². The number of carbonyl (C=O) groups excluding carboxylic acids is 2. The molecule has 2 aromatic carbocycles. The quantitative estimate of drug-likeness (QED) is 0.369. The minimum Gasteiger partial charge on any atom is -0.493 e. The summed E-state index contributed by atoms with van der Waals surface area (Å²) < 4.78 is 22.9. The number of halogens is 1. The van der Waals surface area contributed by atoms with E-state index in [1.807, 2.05) is 43.3 Å². The van der Waals surface area contributed by atoms with E-state index < -0.39 is 11.9 Å². The van der Waals surface area contributed by atoms with Crippen LogP contribution in [0.5, 0.6) is 17.2 Å². The number of rotatable bonds is 8. The molecule has 1 aliphatic heterocycles. The Morgan fingerprint density at radius 3 is 2.49 bits per heavy atom. The Morgan fingerprint density at radius 1 is 1.06 bits per heavy atom. The number of ketones is 1. The number of hydrogen-bond donors (Lipinski definition) is 1. The second-order valence-corrected chi connectivity index (χ2v) is 9.15. The zero-order valence-corrected chi connectivity index (χ0v) is 21.6. The van der Waals surface area contributed by atoms with Crippen molar-refractivity contribution in [3.63, 3.8) is 0 Å². The van der Waals surface area contributed by atoms with Crippen molar-refractivity contribution in [3.8, 4) is 17.2 Å². The summed E-state index contributed by atoms with van der Waals surface area (Å²) in [5, 5.41) is 3.30. The maximum atomic E-state index is 13.4. The number of Topliss-reactive ketones (excluding diaryl/α,β-unsaturated/α-hetero) is 1. The molecule has 4 rings (SSSR count). The van der Waals surface area contributed by atoms with Crippen molar-refractivity contribution in [1.82, 2.24) is 5.32 Å². The van der Waals surface area contributed by atoms with E-state index in [9.17, 15) is 9.59 Å². The smallest absolute Gasteiger partial charge is 0.336 e. The summed E-state index contributed by atoms with van der Waals surface area (Å²) >= 11 is 3.63. The Morgan fingerprint density at radius 2 is 1.77 bits per heavy atom. The van der Waals surface area contributed by atoms with Gasteiger partial charge in [0.05, 0.1) is 19.8 Å². The van der Waals surface area contributed by atoms with E-state index in [0.717, 1.165) is 24.1 Å². The standard InChI is InChI=1S/C27H28BrNO6/c1-16-24(27(31)35-13-12-34-17-8-5-4-6-9-17)25(26-20(29-16)10-7-11-21(26)30)18-14-22(32-2)23(33-3)15-19(18)28/h4-6,8-9,14-15,25,29H,7,10-13H2,1-3H3/t25-/m1/s1. The van der Waals surface area contributed by atoms with Gasteiger partial charge in [-0.25, -0.2) is 4.79 Å². The lowest BCUT2D eigenvalue weighted by Gasteiger charge is -2.34. The van der Waals surface area contributed by atoms with Crippen LogP contribution in [0.25, 0.3) is 0 Å². The van der Waals surface area contributed by atoms with Crippen LogP contribution >= 0.6 is 15.9 Å². The van der Waals surface area contributed by atoms with Gasteiger partial charge in [-0.05, 0) is 49.6 Å². The number of ether oxygens (including phenoxy) is 4. The Kier molecular flexibility index (Phi) is 7.80. The first-order valence-corrected chi connectivity index (χ1v) is 12.2. The molecule has 0 bridgehead atoms. The second-order valence-electron chi connectivity index (χ2n) is 8.29. The molecule has 2 aliphatic rings. The molecular formula is C27H28BrNO6. The number of dihydropyridines is 1. The van der Waals surface area contributed by atoms with Gasteiger partial charge in [0.2, 0.25) is 0 Å². The molecule has 184 valence electrons. The van der Waals surface area contributed by atoms with Crippen LogP contribution in [0.1, 0.15) is 37.7 Å². The van der Waals surface area contributed by atoms with Gasteiger partial charge in [-0.15, -0.1) is 0 Å². The zero-order chi connectivity index (χ0) is 24.9. The molecule has 8 heteroatoms. The Bertz CT molecular complexity index is 1190. The first-order chi connectivity index (χ1) is 16.9. The number of benzene rings is 2. The largest absolute Gasteiger partial charge is 0.493 e. The molecule has 0 fully saturated rings. The van der Waals surface area contributed by atoms with Crippen molar-refractivity contribution in [2.75, 3.05) is 27.4 Å². The molecule has 2 aromatic rings. The first-order valence-electron chi connectivity index (χ1n) is 11.4. The Hall–Kier alpha value is -3.26. The average molecular weight is 542 g/mol. The van der Waals surface area contributed by atoms with Crippen LogP contribution in [0.15, 0.2) is 69.5 Å². The Labute approximate surface area is 213 Å². The molecular weight excluding hydrogens is 514 g/mol. The zero-order valence-electron chi connectivity index (χ0n) is 20.0. The monoisotopic (exact) mass is 541 g/mol. The summed E-state index contributed by atoms with van der Waals surface area (Å²) in [6.45, 7) is 2.12. The lowest BCUT2D eigenvalue weighted by Crippen LogP contribution is -2.34.